The molecule has 1 aromatic carbocycles. The number of carbonyl (C=O) groups is 1. The molecule has 18 heavy (non-hydrogen) atoms. The maximum atomic E-state index is 11.2. The summed E-state index contributed by atoms with van der Waals surface area (Å²) in [7, 11) is 0. The van der Waals surface area contributed by atoms with Crippen LogP contribution >= 0.6 is 0 Å². The highest BCUT2D eigenvalue weighted by Gasteiger charge is 2.09. The lowest BCUT2D eigenvalue weighted by atomic mass is 9.89. The molecule has 2 rings (SSSR count). The second kappa shape index (κ2) is 6.58. The van der Waals surface area contributed by atoms with Crippen LogP contribution in [0.25, 0.3) is 0 Å². The molecule has 1 aromatic rings. The van der Waals surface area contributed by atoms with Gasteiger partial charge in [0.1, 0.15) is 0 Å². The van der Waals surface area contributed by atoms with E-state index in [-0.39, 0.29) is 5.97 Å². The number of hydrogen-bond acceptors (Lipinski definition) is 2. The smallest absolute Gasteiger partial charge is 0.305 e. The predicted octanol–water partition coefficient (Wildman–Crippen LogP) is 3.45. The van der Waals surface area contributed by atoms with Crippen LogP contribution < -0.4 is 0 Å². The van der Waals surface area contributed by atoms with Crippen molar-refractivity contribution in [3.8, 4) is 0 Å². The fourth-order valence-corrected chi connectivity index (χ4v) is 2.61. The van der Waals surface area contributed by atoms with Crippen molar-refractivity contribution in [2.24, 2.45) is 0 Å². The number of fused-ring (bicyclic) bond motifs is 1. The van der Waals surface area contributed by atoms with Crippen LogP contribution in [0.3, 0.4) is 0 Å². The van der Waals surface area contributed by atoms with Crippen molar-refractivity contribution >= 4 is 5.97 Å². The Morgan fingerprint density at radius 1 is 1.22 bits per heavy atom. The van der Waals surface area contributed by atoms with Crippen molar-refractivity contribution in [1.29, 1.82) is 0 Å². The van der Waals surface area contributed by atoms with Crippen molar-refractivity contribution in [2.75, 3.05) is 6.61 Å². The molecule has 0 heterocycles. The summed E-state index contributed by atoms with van der Waals surface area (Å²) in [5, 5.41) is 0. The molecule has 0 bridgehead atoms. The molecular formula is C16H22O2. The molecule has 0 unspecified atom stereocenters. The van der Waals surface area contributed by atoms with Crippen molar-refractivity contribution in [2.45, 2.75) is 51.9 Å². The first kappa shape index (κ1) is 13.1. The van der Waals surface area contributed by atoms with Gasteiger partial charge >= 0.3 is 5.97 Å². The van der Waals surface area contributed by atoms with Gasteiger partial charge in [-0.1, -0.05) is 18.2 Å². The second-order valence-electron chi connectivity index (χ2n) is 4.97. The van der Waals surface area contributed by atoms with E-state index in [1.54, 1.807) is 0 Å². The molecule has 0 spiro atoms. The minimum Gasteiger partial charge on any atom is -0.466 e. The van der Waals surface area contributed by atoms with Crippen LogP contribution in [0.15, 0.2) is 18.2 Å². The van der Waals surface area contributed by atoms with Gasteiger partial charge < -0.3 is 4.74 Å². The van der Waals surface area contributed by atoms with Crippen molar-refractivity contribution in [3.05, 3.63) is 34.9 Å². The maximum absolute atomic E-state index is 11.2. The fourth-order valence-electron chi connectivity index (χ4n) is 2.61. The van der Waals surface area contributed by atoms with Gasteiger partial charge in [-0.25, -0.2) is 0 Å². The quantitative estimate of drug-likeness (QED) is 0.744. The maximum Gasteiger partial charge on any atom is 0.305 e. The first-order chi connectivity index (χ1) is 8.79. The van der Waals surface area contributed by atoms with Gasteiger partial charge in [0.25, 0.3) is 0 Å². The van der Waals surface area contributed by atoms with Gasteiger partial charge in [-0.2, -0.15) is 0 Å². The minimum atomic E-state index is -0.0736. The summed E-state index contributed by atoms with van der Waals surface area (Å²) in [4.78, 5) is 11.2. The van der Waals surface area contributed by atoms with E-state index >= 15 is 0 Å². The van der Waals surface area contributed by atoms with Gasteiger partial charge in [-0.05, 0) is 62.1 Å². The Balaban J connectivity index is 1.84. The Morgan fingerprint density at radius 2 is 2.00 bits per heavy atom. The molecule has 0 atom stereocenters. The number of hydrogen-bond donors (Lipinski definition) is 0. The lowest BCUT2D eigenvalue weighted by molar-refractivity contribution is -0.143. The molecule has 0 fully saturated rings. The Kier molecular flexibility index (Phi) is 4.80. The van der Waals surface area contributed by atoms with Crippen LogP contribution in [0.1, 0.15) is 49.3 Å². The number of ether oxygens (including phenoxy) is 1. The van der Waals surface area contributed by atoms with Crippen molar-refractivity contribution in [3.63, 3.8) is 0 Å². The van der Waals surface area contributed by atoms with Crippen LogP contribution in [-0.4, -0.2) is 12.6 Å². The average molecular weight is 246 g/mol. The average Bonchev–Trinajstić information content (AvgIpc) is 2.39. The van der Waals surface area contributed by atoms with E-state index in [1.807, 2.05) is 6.92 Å². The molecule has 1 aliphatic rings. The Labute approximate surface area is 109 Å². The number of aryl methyl sites for hydroxylation is 3. The Morgan fingerprint density at radius 3 is 2.78 bits per heavy atom. The summed E-state index contributed by atoms with van der Waals surface area (Å²) in [6.45, 7) is 2.33. The molecule has 98 valence electrons. The highest BCUT2D eigenvalue weighted by Crippen LogP contribution is 2.22. The van der Waals surface area contributed by atoms with E-state index in [9.17, 15) is 4.79 Å². The van der Waals surface area contributed by atoms with E-state index in [0.29, 0.717) is 13.0 Å². The third-order valence-electron chi connectivity index (χ3n) is 3.56. The number of carbonyl (C=O) groups excluding carboxylic acids is 1. The van der Waals surface area contributed by atoms with Gasteiger partial charge in [0, 0.05) is 6.42 Å². The van der Waals surface area contributed by atoms with E-state index in [1.165, 1.54) is 42.4 Å². The third kappa shape index (κ3) is 3.59. The van der Waals surface area contributed by atoms with E-state index in [4.69, 9.17) is 4.74 Å². The molecule has 0 N–H and O–H groups in total. The summed E-state index contributed by atoms with van der Waals surface area (Å²) in [5.41, 5.74) is 4.41. The summed E-state index contributed by atoms with van der Waals surface area (Å²) in [6.07, 6.45) is 7.50. The fraction of sp³-hybridized carbons (Fsp3) is 0.562. The van der Waals surface area contributed by atoms with Crippen molar-refractivity contribution in [1.82, 2.24) is 0 Å². The van der Waals surface area contributed by atoms with E-state index in [2.05, 4.69) is 18.2 Å². The van der Waals surface area contributed by atoms with Crippen molar-refractivity contribution < 1.29 is 9.53 Å². The van der Waals surface area contributed by atoms with Gasteiger partial charge in [0.05, 0.1) is 6.61 Å². The lowest BCUT2D eigenvalue weighted by Gasteiger charge is -2.16. The lowest BCUT2D eigenvalue weighted by Crippen LogP contribution is -2.05. The second-order valence-corrected chi connectivity index (χ2v) is 4.97. The van der Waals surface area contributed by atoms with Gasteiger partial charge in [0.2, 0.25) is 0 Å². The molecule has 0 aliphatic heterocycles. The van der Waals surface area contributed by atoms with Gasteiger partial charge in [-0.3, -0.25) is 4.79 Å². The van der Waals surface area contributed by atoms with Gasteiger partial charge in [0.15, 0.2) is 0 Å². The third-order valence-corrected chi connectivity index (χ3v) is 3.56. The first-order valence-electron chi connectivity index (χ1n) is 7.06. The minimum absolute atomic E-state index is 0.0736. The number of benzene rings is 1. The normalized spacial score (nSPS) is 14.1. The zero-order valence-corrected chi connectivity index (χ0v) is 11.2. The molecular weight excluding hydrogens is 224 g/mol. The molecule has 0 saturated heterocycles. The summed E-state index contributed by atoms with van der Waals surface area (Å²) in [6, 6.07) is 6.82. The summed E-state index contributed by atoms with van der Waals surface area (Å²) < 4.78 is 4.93. The first-order valence-corrected chi connectivity index (χ1v) is 7.06. The number of rotatable bonds is 5. The number of esters is 1. The standard InChI is InChI=1S/C16H22O2/c1-2-18-16(17)9-5-6-13-10-11-14-7-3-4-8-15(14)12-13/h10-12H,2-9H2,1H3. The molecule has 0 amide bonds. The van der Waals surface area contributed by atoms with Crippen LogP contribution in [0, 0.1) is 0 Å². The van der Waals surface area contributed by atoms with Gasteiger partial charge in [-0.15, -0.1) is 0 Å². The Bertz CT molecular complexity index is 410. The highest BCUT2D eigenvalue weighted by molar-refractivity contribution is 5.69. The monoisotopic (exact) mass is 246 g/mol. The summed E-state index contributed by atoms with van der Waals surface area (Å²) in [5.74, 6) is -0.0736. The topological polar surface area (TPSA) is 26.3 Å². The molecule has 2 heteroatoms. The van der Waals surface area contributed by atoms with Crippen LogP contribution in [0.4, 0.5) is 0 Å². The largest absolute Gasteiger partial charge is 0.466 e. The highest BCUT2D eigenvalue weighted by atomic mass is 16.5. The summed E-state index contributed by atoms with van der Waals surface area (Å²) >= 11 is 0. The van der Waals surface area contributed by atoms with E-state index in [0.717, 1.165) is 12.8 Å². The van der Waals surface area contributed by atoms with E-state index < -0.39 is 0 Å². The molecule has 2 nitrogen and oxygen atoms in total. The zero-order valence-electron chi connectivity index (χ0n) is 11.2. The van der Waals surface area contributed by atoms with Crippen LogP contribution in [0.2, 0.25) is 0 Å². The zero-order chi connectivity index (χ0) is 12.8. The molecule has 0 aromatic heterocycles. The molecule has 1 aliphatic carbocycles. The SMILES string of the molecule is CCOC(=O)CCCc1ccc2c(c1)CCCC2. The van der Waals surface area contributed by atoms with Crippen LogP contribution in [0.5, 0.6) is 0 Å². The predicted molar refractivity (Wildman–Crippen MR) is 72.7 cm³/mol. The molecule has 0 saturated carbocycles. The molecule has 0 radical (unpaired) electrons. The van der Waals surface area contributed by atoms with Crippen LogP contribution in [-0.2, 0) is 28.8 Å². The Hall–Kier alpha value is -1.31.